The number of nitrogens with one attached hydrogen (secondary N) is 1. The van der Waals surface area contributed by atoms with Crippen molar-refractivity contribution in [2.45, 2.75) is 10.7 Å². The van der Waals surface area contributed by atoms with Gasteiger partial charge in [0.25, 0.3) is 0 Å². The van der Waals surface area contributed by atoms with Crippen molar-refractivity contribution >= 4 is 63.6 Å². The molecule has 0 aliphatic carbocycles. The lowest BCUT2D eigenvalue weighted by molar-refractivity contribution is 0.391. The number of thiocarbonyl (C=S) groups is 1. The van der Waals surface area contributed by atoms with Gasteiger partial charge in [0.2, 0.25) is 3.79 Å². The second-order valence-corrected chi connectivity index (χ2v) is 8.84. The minimum Gasteiger partial charge on any atom is -0.368 e. The summed E-state index contributed by atoms with van der Waals surface area (Å²) in [5.41, 5.74) is 2.93. The average molecular weight is 430 g/mol. The van der Waals surface area contributed by atoms with Crippen molar-refractivity contribution in [3.8, 4) is 0 Å². The van der Waals surface area contributed by atoms with Gasteiger partial charge in [-0.25, -0.2) is 4.98 Å². The molecular formula is C18H19Cl3N4S. The second kappa shape index (κ2) is 8.17. The Morgan fingerprint density at radius 3 is 2.31 bits per heavy atom. The van der Waals surface area contributed by atoms with Crippen LogP contribution in [0.1, 0.15) is 11.1 Å². The minimum absolute atomic E-state index is 0.668. The first-order valence-electron chi connectivity index (χ1n) is 8.24. The summed E-state index contributed by atoms with van der Waals surface area (Å²) in [4.78, 5) is 8.75. The fraction of sp³-hybridized carbons (Fsp3) is 0.333. The number of halogens is 3. The van der Waals surface area contributed by atoms with Gasteiger partial charge in [0.1, 0.15) is 5.82 Å². The molecule has 0 bridgehead atoms. The van der Waals surface area contributed by atoms with E-state index in [0.29, 0.717) is 10.7 Å². The topological polar surface area (TPSA) is 31.4 Å². The molecule has 8 heteroatoms. The molecule has 1 aromatic carbocycles. The maximum atomic E-state index is 5.91. The van der Waals surface area contributed by atoms with E-state index in [9.17, 15) is 0 Å². The van der Waals surface area contributed by atoms with Gasteiger partial charge in [0.15, 0.2) is 5.11 Å². The van der Waals surface area contributed by atoms with Crippen LogP contribution in [0.5, 0.6) is 0 Å². The van der Waals surface area contributed by atoms with Crippen molar-refractivity contribution in [2.75, 3.05) is 36.4 Å². The van der Waals surface area contributed by atoms with E-state index in [-0.39, 0.29) is 0 Å². The van der Waals surface area contributed by atoms with Crippen LogP contribution in [0.25, 0.3) is 0 Å². The number of aromatic nitrogens is 1. The summed E-state index contributed by atoms with van der Waals surface area (Å²) < 4.78 is -1.39. The Kier molecular flexibility index (Phi) is 6.13. The van der Waals surface area contributed by atoms with Crippen LogP contribution in [-0.4, -0.2) is 41.2 Å². The van der Waals surface area contributed by atoms with E-state index in [2.05, 4.69) is 20.1 Å². The number of hydrogen-bond donors (Lipinski definition) is 1. The maximum Gasteiger partial charge on any atom is 0.216 e. The number of pyridine rings is 1. The van der Waals surface area contributed by atoms with Gasteiger partial charge in [-0.2, -0.15) is 0 Å². The second-order valence-electron chi connectivity index (χ2n) is 6.17. The molecule has 4 nitrogen and oxygen atoms in total. The molecule has 0 saturated carbocycles. The van der Waals surface area contributed by atoms with Crippen LogP contribution in [0.4, 0.5) is 11.5 Å². The van der Waals surface area contributed by atoms with Crippen molar-refractivity contribution in [1.82, 2.24) is 9.88 Å². The quantitative estimate of drug-likeness (QED) is 0.551. The van der Waals surface area contributed by atoms with Gasteiger partial charge < -0.3 is 15.1 Å². The molecule has 1 saturated heterocycles. The number of nitrogens with zero attached hydrogens (tertiary/aromatic N) is 3. The van der Waals surface area contributed by atoms with Crippen molar-refractivity contribution in [3.05, 3.63) is 53.7 Å². The predicted molar refractivity (Wildman–Crippen MR) is 115 cm³/mol. The zero-order chi connectivity index (χ0) is 18.7. The molecule has 0 unspecified atom stereocenters. The number of benzene rings is 1. The lowest BCUT2D eigenvalue weighted by Crippen LogP contribution is -2.50. The van der Waals surface area contributed by atoms with Crippen LogP contribution in [0, 0.1) is 6.92 Å². The maximum absolute atomic E-state index is 5.91. The van der Waals surface area contributed by atoms with Gasteiger partial charge in [0, 0.05) is 43.6 Å². The van der Waals surface area contributed by atoms with Crippen LogP contribution in [0.15, 0.2) is 42.6 Å². The Morgan fingerprint density at radius 2 is 1.73 bits per heavy atom. The van der Waals surface area contributed by atoms with Gasteiger partial charge in [-0.05, 0) is 49.0 Å². The molecule has 0 radical (unpaired) electrons. The Bertz CT molecular complexity index is 769. The van der Waals surface area contributed by atoms with Crippen molar-refractivity contribution in [2.24, 2.45) is 0 Å². The molecule has 2 heterocycles. The third-order valence-corrected chi connectivity index (χ3v) is 5.29. The number of aryl methyl sites for hydroxylation is 1. The number of hydrogen-bond acceptors (Lipinski definition) is 3. The average Bonchev–Trinajstić information content (AvgIpc) is 2.61. The molecule has 2 aromatic rings. The molecule has 0 amide bonds. The predicted octanol–water partition coefficient (Wildman–Crippen LogP) is 4.74. The first kappa shape index (κ1) is 19.5. The normalized spacial score (nSPS) is 15.1. The summed E-state index contributed by atoms with van der Waals surface area (Å²) >= 11 is 23.3. The molecular weight excluding hydrogens is 411 g/mol. The largest absolute Gasteiger partial charge is 0.368 e. The number of rotatable bonds is 2. The molecule has 0 spiro atoms. The van der Waals surface area contributed by atoms with Crippen molar-refractivity contribution in [1.29, 1.82) is 0 Å². The minimum atomic E-state index is -1.39. The van der Waals surface area contributed by atoms with E-state index in [1.807, 2.05) is 43.3 Å². The third kappa shape index (κ3) is 4.92. The molecule has 0 atom stereocenters. The van der Waals surface area contributed by atoms with E-state index < -0.39 is 3.79 Å². The Hall–Kier alpha value is -1.27. The summed E-state index contributed by atoms with van der Waals surface area (Å²) in [7, 11) is 0. The van der Waals surface area contributed by atoms with E-state index in [4.69, 9.17) is 47.0 Å². The van der Waals surface area contributed by atoms with E-state index in [1.165, 1.54) is 0 Å². The lowest BCUT2D eigenvalue weighted by atomic mass is 10.2. The molecule has 138 valence electrons. The fourth-order valence-corrected chi connectivity index (χ4v) is 3.49. The number of anilines is 2. The zero-order valence-corrected chi connectivity index (χ0v) is 17.3. The van der Waals surface area contributed by atoms with Crippen LogP contribution in [-0.2, 0) is 3.79 Å². The Morgan fingerprint density at radius 1 is 1.08 bits per heavy atom. The first-order valence-corrected chi connectivity index (χ1v) is 9.78. The molecule has 1 aliphatic heterocycles. The van der Waals surface area contributed by atoms with Gasteiger partial charge in [0.05, 0.1) is 0 Å². The number of piperazine rings is 1. The van der Waals surface area contributed by atoms with Gasteiger partial charge in [-0.3, -0.25) is 0 Å². The standard InChI is InChI=1S/C18H19Cl3N4S/c1-13-6-7-22-16(12-13)23-17(26)25-10-8-24(9-11-25)15-4-2-14(3-5-15)18(19,20)21/h2-7,12H,8-11H2,1H3,(H,22,23,26). The summed E-state index contributed by atoms with van der Waals surface area (Å²) in [5, 5.41) is 3.92. The number of alkyl halides is 3. The lowest BCUT2D eigenvalue weighted by Gasteiger charge is -2.37. The highest BCUT2D eigenvalue weighted by Crippen LogP contribution is 2.38. The summed E-state index contributed by atoms with van der Waals surface area (Å²) in [5.74, 6) is 0.778. The SMILES string of the molecule is Cc1ccnc(NC(=S)N2CCN(c3ccc(C(Cl)(Cl)Cl)cc3)CC2)c1. The highest BCUT2D eigenvalue weighted by molar-refractivity contribution is 7.80. The van der Waals surface area contributed by atoms with E-state index >= 15 is 0 Å². The Labute approximate surface area is 174 Å². The highest BCUT2D eigenvalue weighted by Gasteiger charge is 2.23. The molecule has 26 heavy (non-hydrogen) atoms. The van der Waals surface area contributed by atoms with Gasteiger partial charge >= 0.3 is 0 Å². The summed E-state index contributed by atoms with van der Waals surface area (Å²) in [6.45, 7) is 5.45. The van der Waals surface area contributed by atoms with Crippen LogP contribution >= 0.6 is 47.0 Å². The smallest absolute Gasteiger partial charge is 0.216 e. The van der Waals surface area contributed by atoms with Crippen LogP contribution in [0.2, 0.25) is 0 Å². The van der Waals surface area contributed by atoms with Gasteiger partial charge in [-0.1, -0.05) is 46.9 Å². The molecule has 1 N–H and O–H groups in total. The Balaban J connectivity index is 1.56. The molecule has 3 rings (SSSR count). The van der Waals surface area contributed by atoms with E-state index in [0.717, 1.165) is 43.2 Å². The van der Waals surface area contributed by atoms with E-state index in [1.54, 1.807) is 6.20 Å². The highest BCUT2D eigenvalue weighted by atomic mass is 35.6. The first-order chi connectivity index (χ1) is 12.3. The fourth-order valence-electron chi connectivity index (χ4n) is 2.82. The van der Waals surface area contributed by atoms with Gasteiger partial charge in [-0.15, -0.1) is 0 Å². The summed E-state index contributed by atoms with van der Waals surface area (Å²) in [6, 6.07) is 11.6. The molecule has 1 aliphatic rings. The van der Waals surface area contributed by atoms with Crippen molar-refractivity contribution in [3.63, 3.8) is 0 Å². The van der Waals surface area contributed by atoms with Crippen LogP contribution in [0.3, 0.4) is 0 Å². The van der Waals surface area contributed by atoms with Crippen molar-refractivity contribution < 1.29 is 0 Å². The summed E-state index contributed by atoms with van der Waals surface area (Å²) in [6.07, 6.45) is 1.78. The monoisotopic (exact) mass is 428 g/mol. The molecule has 1 aromatic heterocycles. The third-order valence-electron chi connectivity index (χ3n) is 4.28. The van der Waals surface area contributed by atoms with Crippen LogP contribution < -0.4 is 10.2 Å². The molecule has 1 fully saturated rings. The zero-order valence-electron chi connectivity index (χ0n) is 14.3.